The van der Waals surface area contributed by atoms with E-state index in [-0.39, 0.29) is 42.7 Å². The van der Waals surface area contributed by atoms with Gasteiger partial charge in [0.2, 0.25) is 17.7 Å². The normalized spacial score (nSPS) is 16.6. The van der Waals surface area contributed by atoms with Crippen LogP contribution >= 0.6 is 0 Å². The Hall–Kier alpha value is -4.84. The summed E-state index contributed by atoms with van der Waals surface area (Å²) in [7, 11) is 0. The van der Waals surface area contributed by atoms with Gasteiger partial charge in [-0.3, -0.25) is 19.4 Å². The third-order valence-electron chi connectivity index (χ3n) is 11.7. The average molecular weight is 791 g/mol. The Morgan fingerprint density at radius 2 is 1.43 bits per heavy atom. The Morgan fingerprint density at radius 1 is 0.776 bits per heavy atom. The monoisotopic (exact) mass is 790 g/mol. The highest BCUT2D eigenvalue weighted by molar-refractivity contribution is 5.92. The first kappa shape index (κ1) is 42.8. The molecule has 0 saturated carbocycles. The van der Waals surface area contributed by atoms with Crippen molar-refractivity contribution in [1.82, 2.24) is 30.3 Å². The number of likely N-dealkylation sites (tertiary alicyclic amines) is 1. The van der Waals surface area contributed by atoms with Crippen LogP contribution in [0.2, 0.25) is 0 Å². The first-order valence-electron chi connectivity index (χ1n) is 21.4. The van der Waals surface area contributed by atoms with E-state index < -0.39 is 12.1 Å². The van der Waals surface area contributed by atoms with E-state index in [4.69, 9.17) is 4.74 Å². The number of piperidine rings is 1. The smallest absolute Gasteiger partial charge is 0.243 e. The summed E-state index contributed by atoms with van der Waals surface area (Å²) in [5, 5.41) is 18.1. The number of hydrogen-bond acceptors (Lipinski definition) is 8. The molecule has 3 aromatic carbocycles. The average Bonchev–Trinajstić information content (AvgIpc) is 3.26. The number of hydrogen-bond donors (Lipinski definition) is 3. The molecule has 11 heteroatoms. The van der Waals surface area contributed by atoms with Gasteiger partial charge in [-0.15, -0.1) is 0 Å². The van der Waals surface area contributed by atoms with Gasteiger partial charge in [0.25, 0.3) is 0 Å². The number of rotatable bonds is 20. The lowest BCUT2D eigenvalue weighted by Gasteiger charge is -2.35. The number of aliphatic hydroxyl groups excluding tert-OH is 1. The molecule has 3 amide bonds. The fraction of sp³-hybridized carbons (Fsp3) is 0.489. The van der Waals surface area contributed by atoms with Gasteiger partial charge in [0.05, 0.1) is 11.9 Å². The second-order valence-corrected chi connectivity index (χ2v) is 15.9. The van der Waals surface area contributed by atoms with E-state index in [1.54, 1.807) is 6.20 Å². The summed E-state index contributed by atoms with van der Waals surface area (Å²) in [6.45, 7) is 7.74. The number of nitrogens with zero attached hydrogens (tertiary/aromatic N) is 4. The quantitative estimate of drug-likeness (QED) is 0.111. The van der Waals surface area contributed by atoms with Gasteiger partial charge in [0.1, 0.15) is 24.5 Å². The molecule has 0 radical (unpaired) electrons. The summed E-state index contributed by atoms with van der Waals surface area (Å²) in [5.74, 6) is -0.195. The van der Waals surface area contributed by atoms with Crippen LogP contribution in [0.4, 0.5) is 0 Å². The molecule has 2 unspecified atom stereocenters. The van der Waals surface area contributed by atoms with Crippen LogP contribution in [-0.2, 0) is 27.2 Å². The van der Waals surface area contributed by atoms with Crippen LogP contribution in [0.3, 0.4) is 0 Å². The number of amides is 3. The Morgan fingerprint density at radius 3 is 2.07 bits per heavy atom. The first-order chi connectivity index (χ1) is 28.3. The van der Waals surface area contributed by atoms with Crippen LogP contribution in [0.25, 0.3) is 10.9 Å². The molecular weight excluding hydrogens is 729 g/mol. The zero-order valence-electron chi connectivity index (χ0n) is 34.1. The first-order valence-corrected chi connectivity index (χ1v) is 21.4. The summed E-state index contributed by atoms with van der Waals surface area (Å²) >= 11 is 0. The summed E-state index contributed by atoms with van der Waals surface area (Å²) in [5.41, 5.74) is 3.37. The summed E-state index contributed by atoms with van der Waals surface area (Å²) in [4.78, 5) is 52.5. The number of aliphatic hydroxyl groups is 1. The van der Waals surface area contributed by atoms with Crippen molar-refractivity contribution in [1.29, 1.82) is 0 Å². The molecular formula is C47H62N6O5. The maximum atomic E-state index is 14.2. The lowest BCUT2D eigenvalue weighted by atomic mass is 9.95. The molecule has 11 nitrogen and oxygen atoms in total. The number of carbonyl (C=O) groups is 3. The molecule has 2 aliphatic heterocycles. The maximum Gasteiger partial charge on any atom is 0.243 e. The highest BCUT2D eigenvalue weighted by atomic mass is 16.5. The second-order valence-electron chi connectivity index (χ2n) is 15.9. The summed E-state index contributed by atoms with van der Waals surface area (Å²) in [6.07, 6.45) is 7.43. The van der Waals surface area contributed by atoms with Gasteiger partial charge in [-0.05, 0) is 106 Å². The Labute approximate surface area is 344 Å². The fourth-order valence-corrected chi connectivity index (χ4v) is 8.22. The molecule has 6 rings (SSSR count). The SMILES string of the molecule is CCN1CCN(C(=O)CC(NC(=O)C2CCN(CC(O)COc3cccc4ncccc34)CC2)C(=O)NC(CCCc2ccccc2)CCCc2ccccc2)CC1. The molecule has 0 bridgehead atoms. The summed E-state index contributed by atoms with van der Waals surface area (Å²) in [6, 6.07) is 29.3. The van der Waals surface area contributed by atoms with Gasteiger partial charge in [-0.1, -0.05) is 73.7 Å². The molecule has 0 spiro atoms. The highest BCUT2D eigenvalue weighted by Gasteiger charge is 2.33. The van der Waals surface area contributed by atoms with Gasteiger partial charge in [-0.25, -0.2) is 0 Å². The number of fused-ring (bicyclic) bond motifs is 1. The summed E-state index contributed by atoms with van der Waals surface area (Å²) < 4.78 is 5.99. The van der Waals surface area contributed by atoms with E-state index >= 15 is 0 Å². The molecule has 2 atom stereocenters. The van der Waals surface area contributed by atoms with Crippen LogP contribution in [0.1, 0.15) is 63.0 Å². The zero-order chi connectivity index (χ0) is 40.5. The maximum absolute atomic E-state index is 14.2. The van der Waals surface area contributed by atoms with Crippen LogP contribution in [0.5, 0.6) is 5.75 Å². The van der Waals surface area contributed by atoms with Crippen LogP contribution in [0.15, 0.2) is 97.2 Å². The van der Waals surface area contributed by atoms with Gasteiger partial charge < -0.3 is 35.2 Å². The van der Waals surface area contributed by atoms with E-state index in [2.05, 4.69) is 80.9 Å². The highest BCUT2D eigenvalue weighted by Crippen LogP contribution is 2.24. The number of β-amino-alcohol motifs (C(OH)–C–C–N with tert-alkyl or cyclic N) is 1. The predicted octanol–water partition coefficient (Wildman–Crippen LogP) is 5.26. The number of likely N-dealkylation sites (N-methyl/N-ethyl adjacent to an activating group) is 1. The molecule has 3 N–H and O–H groups in total. The minimum absolute atomic E-state index is 0.0672. The molecule has 2 aliphatic rings. The number of benzene rings is 3. The number of aromatic nitrogens is 1. The van der Waals surface area contributed by atoms with E-state index in [1.807, 2.05) is 47.4 Å². The molecule has 0 aliphatic carbocycles. The number of piperazine rings is 1. The van der Waals surface area contributed by atoms with Crippen molar-refractivity contribution in [2.45, 2.75) is 82.9 Å². The minimum Gasteiger partial charge on any atom is -0.490 e. The minimum atomic E-state index is -0.962. The fourth-order valence-electron chi connectivity index (χ4n) is 8.22. The molecule has 3 heterocycles. The second kappa shape index (κ2) is 22.3. The lowest BCUT2D eigenvalue weighted by molar-refractivity contribution is -0.138. The molecule has 310 valence electrons. The van der Waals surface area contributed by atoms with Gasteiger partial charge in [-0.2, -0.15) is 0 Å². The molecule has 58 heavy (non-hydrogen) atoms. The van der Waals surface area contributed by atoms with Crippen LogP contribution in [-0.4, -0.2) is 120 Å². The Kier molecular flexibility index (Phi) is 16.5. The lowest BCUT2D eigenvalue weighted by Crippen LogP contribution is -2.55. The van der Waals surface area contributed by atoms with Crippen molar-refractivity contribution in [3.05, 3.63) is 108 Å². The van der Waals surface area contributed by atoms with Crippen LogP contribution in [0, 0.1) is 5.92 Å². The number of nitrogens with one attached hydrogen (secondary N) is 2. The topological polar surface area (TPSA) is 127 Å². The Bertz CT molecular complexity index is 1810. The molecule has 4 aromatic rings. The van der Waals surface area contributed by atoms with Crippen molar-refractivity contribution in [3.63, 3.8) is 0 Å². The largest absolute Gasteiger partial charge is 0.490 e. The number of ether oxygens (including phenoxy) is 1. The molecule has 2 fully saturated rings. The van der Waals surface area contributed by atoms with Crippen molar-refractivity contribution in [2.75, 3.05) is 59.0 Å². The van der Waals surface area contributed by atoms with E-state index in [0.29, 0.717) is 51.3 Å². The molecule has 2 saturated heterocycles. The van der Waals surface area contributed by atoms with E-state index in [1.165, 1.54) is 11.1 Å². The van der Waals surface area contributed by atoms with Crippen molar-refractivity contribution in [3.8, 4) is 5.75 Å². The third kappa shape index (κ3) is 13.1. The number of pyridine rings is 1. The van der Waals surface area contributed by atoms with Crippen molar-refractivity contribution >= 4 is 28.6 Å². The van der Waals surface area contributed by atoms with E-state index in [9.17, 15) is 19.5 Å². The van der Waals surface area contributed by atoms with Crippen molar-refractivity contribution in [2.24, 2.45) is 5.92 Å². The predicted molar refractivity (Wildman–Crippen MR) is 228 cm³/mol. The van der Waals surface area contributed by atoms with Gasteiger partial charge >= 0.3 is 0 Å². The third-order valence-corrected chi connectivity index (χ3v) is 11.7. The molecule has 1 aromatic heterocycles. The van der Waals surface area contributed by atoms with Gasteiger partial charge in [0.15, 0.2) is 0 Å². The zero-order valence-corrected chi connectivity index (χ0v) is 34.1. The number of aryl methyl sites for hydroxylation is 2. The number of carbonyl (C=O) groups excluding carboxylic acids is 3. The van der Waals surface area contributed by atoms with Crippen molar-refractivity contribution < 1.29 is 24.2 Å². The van der Waals surface area contributed by atoms with Gasteiger partial charge in [0, 0.05) is 56.3 Å². The standard InChI is InChI=1S/C47H62N6O5/c1-2-51-29-31-53(32-30-51)45(55)33-43(47(57)49-39(19-9-17-36-13-5-3-6-14-36)20-10-18-37-15-7-4-8-16-37)50-46(56)38-24-27-52(28-25-38)34-40(54)35-58-44-23-11-22-42-41(44)21-12-26-48-42/h3-8,11-16,21-23,26,38-40,43,54H,2,9-10,17-20,24-25,27-35H2,1H3,(H,49,57)(H,50,56). The Balaban J connectivity index is 1.04. The van der Waals surface area contributed by atoms with E-state index in [0.717, 1.165) is 69.1 Å². The van der Waals surface area contributed by atoms with Crippen LogP contribution < -0.4 is 15.4 Å².